The molecule has 8 heteroatoms. The van der Waals surface area contributed by atoms with Crippen LogP contribution in [0.2, 0.25) is 0 Å². The highest BCUT2D eigenvalue weighted by Crippen LogP contribution is 2.28. The van der Waals surface area contributed by atoms with Gasteiger partial charge in [0.15, 0.2) is 11.6 Å². The van der Waals surface area contributed by atoms with E-state index in [4.69, 9.17) is 0 Å². The van der Waals surface area contributed by atoms with Crippen molar-refractivity contribution in [1.82, 2.24) is 15.1 Å². The van der Waals surface area contributed by atoms with Gasteiger partial charge in [-0.05, 0) is 57.3 Å². The second kappa shape index (κ2) is 10.9. The van der Waals surface area contributed by atoms with Crippen LogP contribution in [-0.2, 0) is 11.2 Å². The molecule has 32 heavy (non-hydrogen) atoms. The van der Waals surface area contributed by atoms with Crippen molar-refractivity contribution in [2.45, 2.75) is 23.5 Å². The number of carbonyl (C=O) groups excluding carboxylic acids is 2. The number of halogens is 2. The molecule has 0 saturated carbocycles. The summed E-state index contributed by atoms with van der Waals surface area (Å²) in [6.45, 7) is 4.28. The first-order chi connectivity index (χ1) is 15.2. The van der Waals surface area contributed by atoms with E-state index < -0.39 is 16.9 Å². The van der Waals surface area contributed by atoms with Crippen LogP contribution < -0.4 is 5.32 Å². The highest BCUT2D eigenvalue weighted by atomic mass is 32.2. The first kappa shape index (κ1) is 24.2. The van der Waals surface area contributed by atoms with E-state index in [9.17, 15) is 18.4 Å². The van der Waals surface area contributed by atoms with Crippen molar-refractivity contribution >= 4 is 23.6 Å². The van der Waals surface area contributed by atoms with Crippen LogP contribution in [0.5, 0.6) is 0 Å². The molecule has 2 aromatic carbocycles. The van der Waals surface area contributed by atoms with Crippen molar-refractivity contribution in [2.75, 3.05) is 40.3 Å². The number of nitrogens with zero attached hydrogens (tertiary/aromatic N) is 2. The Morgan fingerprint density at radius 1 is 1.16 bits per heavy atom. The minimum Gasteiger partial charge on any atom is -0.352 e. The second-order valence-electron chi connectivity index (χ2n) is 8.37. The fourth-order valence-corrected chi connectivity index (χ4v) is 4.55. The monoisotopic (exact) mass is 461 g/mol. The minimum atomic E-state index is -0.919. The molecule has 2 aromatic rings. The predicted octanol–water partition coefficient (Wildman–Crippen LogP) is 3.44. The molecule has 1 aliphatic heterocycles. The SMILES string of the molecule is CC(Sc1ccc(F)c(F)c1)C(=O)N1CC(CNC(=O)c2ccccc2CCN(C)C)C1. The van der Waals surface area contributed by atoms with Crippen LogP contribution in [0.15, 0.2) is 47.4 Å². The summed E-state index contributed by atoms with van der Waals surface area (Å²) in [4.78, 5) is 29.6. The molecule has 0 aliphatic carbocycles. The Kier molecular flexibility index (Phi) is 8.26. The van der Waals surface area contributed by atoms with E-state index in [1.807, 2.05) is 38.4 Å². The van der Waals surface area contributed by atoms with Crippen LogP contribution in [0.3, 0.4) is 0 Å². The number of benzene rings is 2. The molecule has 0 aromatic heterocycles. The van der Waals surface area contributed by atoms with Crippen LogP contribution in [0.25, 0.3) is 0 Å². The lowest BCUT2D eigenvalue weighted by molar-refractivity contribution is -0.136. The average molecular weight is 462 g/mol. The highest BCUT2D eigenvalue weighted by Gasteiger charge is 2.33. The maximum atomic E-state index is 13.4. The van der Waals surface area contributed by atoms with Crippen molar-refractivity contribution in [3.05, 3.63) is 65.2 Å². The molecular formula is C24H29F2N3O2S. The summed E-state index contributed by atoms with van der Waals surface area (Å²) < 4.78 is 26.4. The van der Waals surface area contributed by atoms with E-state index in [1.165, 1.54) is 17.8 Å². The molecule has 172 valence electrons. The summed E-state index contributed by atoms with van der Waals surface area (Å²) in [5.74, 6) is -1.75. The first-order valence-electron chi connectivity index (χ1n) is 10.7. The topological polar surface area (TPSA) is 52.7 Å². The van der Waals surface area contributed by atoms with E-state index in [-0.39, 0.29) is 17.7 Å². The Balaban J connectivity index is 1.44. The number of hydrogen-bond donors (Lipinski definition) is 1. The minimum absolute atomic E-state index is 0.0451. The quantitative estimate of drug-likeness (QED) is 0.582. The van der Waals surface area contributed by atoms with Crippen molar-refractivity contribution < 1.29 is 18.4 Å². The third kappa shape index (κ3) is 6.29. The van der Waals surface area contributed by atoms with Crippen LogP contribution in [0, 0.1) is 17.6 Å². The number of amides is 2. The maximum absolute atomic E-state index is 13.4. The number of nitrogens with one attached hydrogen (secondary N) is 1. The Bertz CT molecular complexity index is 964. The zero-order valence-electron chi connectivity index (χ0n) is 18.6. The molecule has 1 fully saturated rings. The van der Waals surface area contributed by atoms with Gasteiger partial charge in [0.2, 0.25) is 5.91 Å². The number of hydrogen-bond acceptors (Lipinski definition) is 4. The summed E-state index contributed by atoms with van der Waals surface area (Å²) >= 11 is 1.21. The van der Waals surface area contributed by atoms with Gasteiger partial charge in [-0.3, -0.25) is 9.59 Å². The van der Waals surface area contributed by atoms with E-state index in [2.05, 4.69) is 10.2 Å². The molecule has 1 N–H and O–H groups in total. The second-order valence-corrected chi connectivity index (χ2v) is 9.78. The molecule has 1 heterocycles. The number of carbonyl (C=O) groups is 2. The van der Waals surface area contributed by atoms with E-state index in [0.29, 0.717) is 30.1 Å². The lowest BCUT2D eigenvalue weighted by Gasteiger charge is -2.40. The van der Waals surface area contributed by atoms with Crippen molar-refractivity contribution in [3.8, 4) is 0 Å². The van der Waals surface area contributed by atoms with Crippen molar-refractivity contribution in [3.63, 3.8) is 0 Å². The lowest BCUT2D eigenvalue weighted by Crippen LogP contribution is -2.55. The Labute approximate surface area is 192 Å². The van der Waals surface area contributed by atoms with Crippen LogP contribution in [0.1, 0.15) is 22.8 Å². The van der Waals surface area contributed by atoms with E-state index >= 15 is 0 Å². The van der Waals surface area contributed by atoms with Gasteiger partial charge < -0.3 is 15.1 Å². The standard InChI is InChI=1S/C24H29F2N3O2S/c1-16(32-19-8-9-21(25)22(26)12-19)24(31)29-14-17(15-29)13-27-23(30)20-7-5-4-6-18(20)10-11-28(2)3/h4-9,12,16-17H,10-11,13-15H2,1-3H3,(H,27,30). The number of likely N-dealkylation sites (tertiary alicyclic amines) is 1. The van der Waals surface area contributed by atoms with E-state index in [1.54, 1.807) is 11.8 Å². The summed E-state index contributed by atoms with van der Waals surface area (Å²) in [6.07, 6.45) is 0.801. The summed E-state index contributed by atoms with van der Waals surface area (Å²) in [7, 11) is 4.01. The van der Waals surface area contributed by atoms with Gasteiger partial charge in [0.1, 0.15) is 0 Å². The van der Waals surface area contributed by atoms with Crippen molar-refractivity contribution in [2.24, 2.45) is 5.92 Å². The molecule has 1 unspecified atom stereocenters. The smallest absolute Gasteiger partial charge is 0.251 e. The van der Waals surface area contributed by atoms with E-state index in [0.717, 1.165) is 30.7 Å². The first-order valence-corrected chi connectivity index (χ1v) is 11.5. The summed E-state index contributed by atoms with van der Waals surface area (Å²) in [6, 6.07) is 11.3. The van der Waals surface area contributed by atoms with Gasteiger partial charge in [-0.25, -0.2) is 8.78 Å². The molecule has 1 atom stereocenters. The van der Waals surface area contributed by atoms with Crippen LogP contribution in [-0.4, -0.2) is 67.1 Å². The zero-order chi connectivity index (χ0) is 23.3. The van der Waals surface area contributed by atoms with Crippen LogP contribution in [0.4, 0.5) is 8.78 Å². The molecule has 0 radical (unpaired) electrons. The fourth-order valence-electron chi connectivity index (χ4n) is 3.58. The van der Waals surface area contributed by atoms with Crippen LogP contribution >= 0.6 is 11.8 Å². The molecule has 5 nitrogen and oxygen atoms in total. The van der Waals surface area contributed by atoms with Gasteiger partial charge in [0, 0.05) is 42.6 Å². The summed E-state index contributed by atoms with van der Waals surface area (Å²) in [5, 5.41) is 2.59. The van der Waals surface area contributed by atoms with Gasteiger partial charge in [-0.2, -0.15) is 0 Å². The molecular weight excluding hydrogens is 432 g/mol. The molecule has 3 rings (SSSR count). The maximum Gasteiger partial charge on any atom is 0.251 e. The number of likely N-dealkylation sites (N-methyl/N-ethyl adjacent to an activating group) is 1. The molecule has 1 saturated heterocycles. The highest BCUT2D eigenvalue weighted by molar-refractivity contribution is 8.00. The Morgan fingerprint density at radius 2 is 1.88 bits per heavy atom. The molecule has 0 spiro atoms. The lowest BCUT2D eigenvalue weighted by atomic mass is 9.99. The summed E-state index contributed by atoms with van der Waals surface area (Å²) in [5.41, 5.74) is 1.71. The fraction of sp³-hybridized carbons (Fsp3) is 0.417. The number of thioether (sulfide) groups is 1. The largest absolute Gasteiger partial charge is 0.352 e. The number of rotatable bonds is 9. The third-order valence-electron chi connectivity index (χ3n) is 5.46. The van der Waals surface area contributed by atoms with Gasteiger partial charge in [-0.1, -0.05) is 18.2 Å². The van der Waals surface area contributed by atoms with Gasteiger partial charge >= 0.3 is 0 Å². The normalized spacial score (nSPS) is 14.9. The molecule has 0 bridgehead atoms. The molecule has 2 amide bonds. The average Bonchev–Trinajstić information content (AvgIpc) is 2.73. The van der Waals surface area contributed by atoms with Gasteiger partial charge in [0.25, 0.3) is 5.91 Å². The molecule has 1 aliphatic rings. The third-order valence-corrected chi connectivity index (χ3v) is 6.54. The Morgan fingerprint density at radius 3 is 2.56 bits per heavy atom. The Hall–Kier alpha value is -2.45. The van der Waals surface area contributed by atoms with Crippen molar-refractivity contribution in [1.29, 1.82) is 0 Å². The zero-order valence-corrected chi connectivity index (χ0v) is 19.4. The van der Waals surface area contributed by atoms with Gasteiger partial charge in [-0.15, -0.1) is 11.8 Å². The van der Waals surface area contributed by atoms with Gasteiger partial charge in [0.05, 0.1) is 5.25 Å². The predicted molar refractivity (Wildman–Crippen MR) is 123 cm³/mol.